The highest BCUT2D eigenvalue weighted by Crippen LogP contribution is 2.18. The molecule has 0 unspecified atom stereocenters. The standard InChI is InChI=1S/C14H18N4O2.ClH/c1-9-3-4-10(20-9)8-18(2)14(19)13-11-7-15-6-5-12(11)16-17-13;/h3-4,15H,5-8H2,1-2H3,(H,16,17);1H. The number of furan rings is 1. The number of aromatic amines is 1. The van der Waals surface area contributed by atoms with E-state index in [0.717, 1.165) is 35.7 Å². The molecule has 1 amide bonds. The Morgan fingerprint density at radius 2 is 2.29 bits per heavy atom. The van der Waals surface area contributed by atoms with Gasteiger partial charge in [0.05, 0.1) is 6.54 Å². The van der Waals surface area contributed by atoms with E-state index in [9.17, 15) is 4.79 Å². The Kier molecular flexibility index (Phi) is 4.69. The highest BCUT2D eigenvalue weighted by Gasteiger charge is 2.24. The Balaban J connectivity index is 0.00000161. The van der Waals surface area contributed by atoms with E-state index in [1.807, 2.05) is 19.1 Å². The van der Waals surface area contributed by atoms with Crippen LogP contribution in [0.4, 0.5) is 0 Å². The zero-order valence-corrected chi connectivity index (χ0v) is 12.9. The first-order valence-corrected chi connectivity index (χ1v) is 6.73. The number of carbonyl (C=O) groups excluding carboxylic acids is 1. The van der Waals surface area contributed by atoms with Crippen LogP contribution < -0.4 is 5.32 Å². The van der Waals surface area contributed by atoms with Gasteiger partial charge in [0, 0.05) is 37.8 Å². The van der Waals surface area contributed by atoms with Crippen molar-refractivity contribution in [1.82, 2.24) is 20.4 Å². The van der Waals surface area contributed by atoms with E-state index < -0.39 is 0 Å². The molecule has 3 rings (SSSR count). The van der Waals surface area contributed by atoms with Gasteiger partial charge in [0.1, 0.15) is 11.5 Å². The van der Waals surface area contributed by atoms with Crippen molar-refractivity contribution in [2.75, 3.05) is 13.6 Å². The smallest absolute Gasteiger partial charge is 0.274 e. The maximum atomic E-state index is 12.5. The Morgan fingerprint density at radius 3 is 3.00 bits per heavy atom. The van der Waals surface area contributed by atoms with Gasteiger partial charge in [-0.05, 0) is 19.1 Å². The molecular weight excluding hydrogens is 292 g/mol. The summed E-state index contributed by atoms with van der Waals surface area (Å²) in [5.74, 6) is 1.54. The first kappa shape index (κ1) is 15.6. The summed E-state index contributed by atoms with van der Waals surface area (Å²) < 4.78 is 5.50. The van der Waals surface area contributed by atoms with Gasteiger partial charge in [0.15, 0.2) is 5.69 Å². The lowest BCUT2D eigenvalue weighted by Gasteiger charge is -2.17. The fourth-order valence-electron chi connectivity index (χ4n) is 2.46. The molecule has 6 nitrogen and oxygen atoms in total. The molecule has 0 atom stereocenters. The molecule has 2 N–H and O–H groups in total. The number of rotatable bonds is 3. The van der Waals surface area contributed by atoms with Crippen molar-refractivity contribution < 1.29 is 9.21 Å². The molecule has 0 fully saturated rings. The highest BCUT2D eigenvalue weighted by molar-refractivity contribution is 5.93. The molecule has 1 aliphatic rings. The number of nitrogens with one attached hydrogen (secondary N) is 2. The van der Waals surface area contributed by atoms with Crippen LogP contribution in [0.5, 0.6) is 0 Å². The summed E-state index contributed by atoms with van der Waals surface area (Å²) in [5, 5.41) is 10.4. The van der Waals surface area contributed by atoms with Gasteiger partial charge < -0.3 is 14.6 Å². The molecule has 0 saturated carbocycles. The molecule has 114 valence electrons. The Hall–Kier alpha value is -1.79. The number of aromatic nitrogens is 2. The Labute approximate surface area is 129 Å². The molecule has 2 aromatic rings. The number of halogens is 1. The van der Waals surface area contributed by atoms with Crippen LogP contribution in [0, 0.1) is 6.92 Å². The van der Waals surface area contributed by atoms with Crippen molar-refractivity contribution in [3.8, 4) is 0 Å². The molecule has 3 heterocycles. The summed E-state index contributed by atoms with van der Waals surface area (Å²) >= 11 is 0. The Bertz CT molecular complexity index is 635. The third-order valence-electron chi connectivity index (χ3n) is 3.54. The molecule has 0 aromatic carbocycles. The lowest BCUT2D eigenvalue weighted by Crippen LogP contribution is -2.29. The van der Waals surface area contributed by atoms with Gasteiger partial charge >= 0.3 is 0 Å². The minimum absolute atomic E-state index is 0. The number of H-pyrrole nitrogens is 1. The minimum Gasteiger partial charge on any atom is -0.464 e. The quantitative estimate of drug-likeness (QED) is 0.904. The van der Waals surface area contributed by atoms with E-state index in [2.05, 4.69) is 15.5 Å². The van der Waals surface area contributed by atoms with Gasteiger partial charge in [0.25, 0.3) is 5.91 Å². The van der Waals surface area contributed by atoms with Crippen molar-refractivity contribution in [1.29, 1.82) is 0 Å². The van der Waals surface area contributed by atoms with Crippen molar-refractivity contribution in [3.63, 3.8) is 0 Å². The van der Waals surface area contributed by atoms with E-state index in [4.69, 9.17) is 4.42 Å². The first-order chi connectivity index (χ1) is 9.65. The van der Waals surface area contributed by atoms with Crippen LogP contribution in [0.15, 0.2) is 16.5 Å². The maximum Gasteiger partial charge on any atom is 0.274 e. The zero-order valence-electron chi connectivity index (χ0n) is 12.1. The van der Waals surface area contributed by atoms with Gasteiger partial charge in [0.2, 0.25) is 0 Å². The van der Waals surface area contributed by atoms with Crippen LogP contribution in [-0.2, 0) is 19.5 Å². The average molecular weight is 311 g/mol. The topological polar surface area (TPSA) is 74.2 Å². The van der Waals surface area contributed by atoms with Gasteiger partial charge in [-0.3, -0.25) is 9.89 Å². The second-order valence-electron chi connectivity index (χ2n) is 5.13. The van der Waals surface area contributed by atoms with Crippen molar-refractivity contribution in [2.45, 2.75) is 26.4 Å². The normalized spacial score (nSPS) is 13.4. The van der Waals surface area contributed by atoms with Crippen LogP contribution in [0.25, 0.3) is 0 Å². The van der Waals surface area contributed by atoms with Crippen molar-refractivity contribution in [2.24, 2.45) is 0 Å². The minimum atomic E-state index is -0.0831. The number of hydrogen-bond donors (Lipinski definition) is 2. The van der Waals surface area contributed by atoms with Crippen LogP contribution in [-0.4, -0.2) is 34.6 Å². The number of amides is 1. The van der Waals surface area contributed by atoms with Crippen LogP contribution >= 0.6 is 12.4 Å². The number of hydrogen-bond acceptors (Lipinski definition) is 4. The van der Waals surface area contributed by atoms with E-state index in [1.54, 1.807) is 11.9 Å². The summed E-state index contributed by atoms with van der Waals surface area (Å²) in [6.45, 7) is 3.95. The molecule has 0 spiro atoms. The lowest BCUT2D eigenvalue weighted by molar-refractivity contribution is 0.0768. The third kappa shape index (κ3) is 3.11. The third-order valence-corrected chi connectivity index (χ3v) is 3.54. The number of fused-ring (bicyclic) bond motifs is 1. The SMILES string of the molecule is Cc1ccc(CN(C)C(=O)c2n[nH]c3c2CNCC3)o1.Cl. The summed E-state index contributed by atoms with van der Waals surface area (Å²) in [4.78, 5) is 14.1. The fraction of sp³-hybridized carbons (Fsp3) is 0.429. The van der Waals surface area contributed by atoms with Crippen LogP contribution in [0.1, 0.15) is 33.3 Å². The number of carbonyl (C=O) groups is 1. The molecule has 2 aromatic heterocycles. The van der Waals surface area contributed by atoms with Gasteiger partial charge in [-0.25, -0.2) is 0 Å². The molecule has 0 bridgehead atoms. The molecule has 0 radical (unpaired) electrons. The number of nitrogens with zero attached hydrogens (tertiary/aromatic N) is 2. The van der Waals surface area contributed by atoms with E-state index in [-0.39, 0.29) is 18.3 Å². The monoisotopic (exact) mass is 310 g/mol. The predicted octanol–water partition coefficient (Wildman–Crippen LogP) is 1.65. The zero-order chi connectivity index (χ0) is 14.1. The molecule has 0 saturated heterocycles. The summed E-state index contributed by atoms with van der Waals surface area (Å²) in [6.07, 6.45) is 0.886. The summed E-state index contributed by atoms with van der Waals surface area (Å²) in [7, 11) is 1.76. The van der Waals surface area contributed by atoms with Gasteiger partial charge in [-0.1, -0.05) is 0 Å². The molecule has 1 aliphatic heterocycles. The van der Waals surface area contributed by atoms with Crippen molar-refractivity contribution in [3.05, 3.63) is 40.6 Å². The molecular formula is C14H19ClN4O2. The van der Waals surface area contributed by atoms with Crippen LogP contribution in [0.2, 0.25) is 0 Å². The van der Waals surface area contributed by atoms with Crippen LogP contribution in [0.3, 0.4) is 0 Å². The number of aryl methyl sites for hydroxylation is 1. The average Bonchev–Trinajstić information content (AvgIpc) is 3.04. The fourth-order valence-corrected chi connectivity index (χ4v) is 2.46. The first-order valence-electron chi connectivity index (χ1n) is 6.73. The molecule has 7 heteroatoms. The van der Waals surface area contributed by atoms with E-state index in [1.165, 1.54) is 0 Å². The second kappa shape index (κ2) is 6.32. The maximum absolute atomic E-state index is 12.5. The summed E-state index contributed by atoms with van der Waals surface area (Å²) in [5.41, 5.74) is 2.57. The molecule has 21 heavy (non-hydrogen) atoms. The van der Waals surface area contributed by atoms with Gasteiger partial charge in [-0.2, -0.15) is 5.10 Å². The summed E-state index contributed by atoms with van der Waals surface area (Å²) in [6, 6.07) is 3.79. The lowest BCUT2D eigenvalue weighted by atomic mass is 10.1. The van der Waals surface area contributed by atoms with Crippen molar-refractivity contribution >= 4 is 18.3 Å². The highest BCUT2D eigenvalue weighted by atomic mass is 35.5. The largest absolute Gasteiger partial charge is 0.464 e. The second-order valence-corrected chi connectivity index (χ2v) is 5.13. The van der Waals surface area contributed by atoms with E-state index >= 15 is 0 Å². The van der Waals surface area contributed by atoms with E-state index in [0.29, 0.717) is 18.8 Å². The van der Waals surface area contributed by atoms with Gasteiger partial charge in [-0.15, -0.1) is 12.4 Å². The Morgan fingerprint density at radius 1 is 1.48 bits per heavy atom. The predicted molar refractivity (Wildman–Crippen MR) is 80.5 cm³/mol. The molecule has 0 aliphatic carbocycles.